The summed E-state index contributed by atoms with van der Waals surface area (Å²) in [6.45, 7) is 1.26. The van der Waals surface area contributed by atoms with Gasteiger partial charge in [-0.2, -0.15) is 0 Å². The second kappa shape index (κ2) is 8.34. The molecule has 2 N–H and O–H groups in total. The summed E-state index contributed by atoms with van der Waals surface area (Å²) in [5.41, 5.74) is 5.23. The number of carbonyl (C=O) groups excluding carboxylic acids is 1. The second-order valence-electron chi connectivity index (χ2n) is 4.60. The molecule has 21 heavy (non-hydrogen) atoms. The van der Waals surface area contributed by atoms with E-state index in [1.165, 1.54) is 22.5 Å². The minimum absolute atomic E-state index is 0. The Morgan fingerprint density at radius 2 is 2.10 bits per heavy atom. The molecule has 0 spiro atoms. The summed E-state index contributed by atoms with van der Waals surface area (Å²) >= 11 is 1.54. The molecular weight excluding hydrogens is 329 g/mol. The lowest BCUT2D eigenvalue weighted by molar-refractivity contribution is -0.123. The van der Waals surface area contributed by atoms with E-state index < -0.39 is 0 Å². The Balaban J connectivity index is 0.00000110. The van der Waals surface area contributed by atoms with E-state index in [1.54, 1.807) is 5.51 Å². The van der Waals surface area contributed by atoms with Crippen LogP contribution in [0.15, 0.2) is 35.2 Å². The van der Waals surface area contributed by atoms with Gasteiger partial charge in [0.2, 0.25) is 5.91 Å². The number of benzene rings is 1. The molecule has 1 amide bonds. The van der Waals surface area contributed by atoms with Gasteiger partial charge in [0, 0.05) is 11.9 Å². The highest BCUT2D eigenvalue weighted by Crippen LogP contribution is 2.16. The molecule has 0 fully saturated rings. The summed E-state index contributed by atoms with van der Waals surface area (Å²) in [6.07, 6.45) is 0.749. The third-order valence-electron chi connectivity index (χ3n) is 3.33. The fraction of sp³-hybridized carbons (Fsp3) is 0.286. The lowest BCUT2D eigenvalue weighted by Gasteiger charge is -2.25. The van der Waals surface area contributed by atoms with E-state index in [0.717, 1.165) is 18.7 Å². The van der Waals surface area contributed by atoms with E-state index in [9.17, 15) is 4.79 Å². The van der Waals surface area contributed by atoms with Gasteiger partial charge in [0.15, 0.2) is 0 Å². The maximum atomic E-state index is 12.1. The van der Waals surface area contributed by atoms with Crippen LogP contribution in [-0.4, -0.2) is 16.9 Å². The van der Waals surface area contributed by atoms with Crippen LogP contribution >= 0.6 is 36.2 Å². The largest absolute Gasteiger partial charge is 0.349 e. The molecule has 4 nitrogen and oxygen atoms in total. The van der Waals surface area contributed by atoms with E-state index in [2.05, 4.69) is 27.8 Å². The lowest BCUT2D eigenvalue weighted by Crippen LogP contribution is -2.47. The first kappa shape index (κ1) is 17.9. The van der Waals surface area contributed by atoms with Crippen molar-refractivity contribution >= 4 is 42.1 Å². The van der Waals surface area contributed by atoms with Gasteiger partial charge >= 0.3 is 0 Å². The van der Waals surface area contributed by atoms with E-state index in [0.29, 0.717) is 6.54 Å². The fourth-order valence-corrected chi connectivity index (χ4v) is 2.82. The van der Waals surface area contributed by atoms with Crippen molar-refractivity contribution in [1.82, 2.24) is 15.6 Å². The second-order valence-corrected chi connectivity index (χ2v) is 5.32. The van der Waals surface area contributed by atoms with E-state index >= 15 is 0 Å². The average molecular weight is 346 g/mol. The summed E-state index contributed by atoms with van der Waals surface area (Å²) in [6, 6.07) is 8.11. The molecule has 1 aliphatic heterocycles. The van der Waals surface area contributed by atoms with Gasteiger partial charge in [-0.25, -0.2) is 4.98 Å². The fourth-order valence-electron chi connectivity index (χ4n) is 2.27. The number of nitrogens with zero attached hydrogens (tertiary/aromatic N) is 1. The van der Waals surface area contributed by atoms with Gasteiger partial charge in [0.25, 0.3) is 0 Å². The van der Waals surface area contributed by atoms with Crippen LogP contribution in [0.4, 0.5) is 0 Å². The molecule has 7 heteroatoms. The molecule has 0 saturated heterocycles. The molecular formula is C14H17Cl2N3OS. The number of halogens is 2. The normalized spacial score (nSPS) is 16.1. The zero-order chi connectivity index (χ0) is 13.1. The molecule has 1 unspecified atom stereocenters. The molecule has 1 aromatic carbocycles. The van der Waals surface area contributed by atoms with E-state index in [4.69, 9.17) is 0 Å². The number of carbonyl (C=O) groups is 1. The minimum Gasteiger partial charge on any atom is -0.349 e. The first-order valence-corrected chi connectivity index (χ1v) is 7.22. The van der Waals surface area contributed by atoms with Crippen molar-refractivity contribution in [2.24, 2.45) is 0 Å². The SMILES string of the molecule is Cl.Cl.O=C(NCc1cscn1)C1Cc2ccccc2CN1. The van der Waals surface area contributed by atoms with Gasteiger partial charge < -0.3 is 10.6 Å². The van der Waals surface area contributed by atoms with Crippen LogP contribution < -0.4 is 10.6 Å². The molecule has 2 heterocycles. The lowest BCUT2D eigenvalue weighted by atomic mass is 9.95. The van der Waals surface area contributed by atoms with E-state index in [1.807, 2.05) is 17.5 Å². The smallest absolute Gasteiger partial charge is 0.237 e. The first-order valence-electron chi connectivity index (χ1n) is 6.28. The van der Waals surface area contributed by atoms with Crippen LogP contribution in [0.3, 0.4) is 0 Å². The van der Waals surface area contributed by atoms with Crippen LogP contribution in [0.2, 0.25) is 0 Å². The molecule has 3 rings (SSSR count). The van der Waals surface area contributed by atoms with Crippen molar-refractivity contribution in [3.8, 4) is 0 Å². The summed E-state index contributed by atoms with van der Waals surface area (Å²) in [7, 11) is 0. The number of hydrogen-bond donors (Lipinski definition) is 2. The molecule has 114 valence electrons. The third-order valence-corrected chi connectivity index (χ3v) is 3.96. The number of thiazole rings is 1. The zero-order valence-corrected chi connectivity index (χ0v) is 13.7. The predicted octanol–water partition coefficient (Wildman–Crippen LogP) is 2.32. The summed E-state index contributed by atoms with van der Waals surface area (Å²) in [5, 5.41) is 8.15. The number of amides is 1. The highest BCUT2D eigenvalue weighted by molar-refractivity contribution is 7.07. The van der Waals surface area contributed by atoms with E-state index in [-0.39, 0.29) is 36.8 Å². The van der Waals surface area contributed by atoms with Crippen LogP contribution in [0.5, 0.6) is 0 Å². The van der Waals surface area contributed by atoms with Gasteiger partial charge in [-0.05, 0) is 17.5 Å². The summed E-state index contributed by atoms with van der Waals surface area (Å²) in [5.74, 6) is 0.0440. The maximum Gasteiger partial charge on any atom is 0.237 e. The van der Waals surface area contributed by atoms with Gasteiger partial charge in [-0.3, -0.25) is 4.79 Å². The summed E-state index contributed by atoms with van der Waals surface area (Å²) in [4.78, 5) is 16.3. The Labute approximate surface area is 140 Å². The van der Waals surface area contributed by atoms with Crippen molar-refractivity contribution in [3.05, 3.63) is 52.0 Å². The number of rotatable bonds is 3. The number of fused-ring (bicyclic) bond motifs is 1. The van der Waals surface area contributed by atoms with Crippen LogP contribution in [0, 0.1) is 0 Å². The highest BCUT2D eigenvalue weighted by atomic mass is 35.5. The maximum absolute atomic E-state index is 12.1. The zero-order valence-electron chi connectivity index (χ0n) is 11.2. The Morgan fingerprint density at radius 1 is 1.33 bits per heavy atom. The molecule has 1 atom stereocenters. The predicted molar refractivity (Wildman–Crippen MR) is 89.2 cm³/mol. The standard InChI is InChI=1S/C14H15N3OS.2ClH/c18-14(16-7-12-8-19-9-17-12)13-5-10-3-1-2-4-11(10)6-15-13;;/h1-4,8-9,13,15H,5-7H2,(H,16,18);2*1H. The van der Waals surface area contributed by atoms with Gasteiger partial charge in [0.1, 0.15) is 0 Å². The number of hydrogen-bond acceptors (Lipinski definition) is 4. The van der Waals surface area contributed by atoms with Crippen molar-refractivity contribution in [1.29, 1.82) is 0 Å². The van der Waals surface area contributed by atoms with Gasteiger partial charge in [-0.1, -0.05) is 24.3 Å². The van der Waals surface area contributed by atoms with Crippen LogP contribution in [-0.2, 0) is 24.3 Å². The monoisotopic (exact) mass is 345 g/mol. The average Bonchev–Trinajstić information content (AvgIpc) is 2.97. The number of aromatic nitrogens is 1. The molecule has 0 saturated carbocycles. The Bertz CT molecular complexity index is 577. The molecule has 0 bridgehead atoms. The van der Waals surface area contributed by atoms with Gasteiger partial charge in [-0.15, -0.1) is 36.2 Å². The molecule has 2 aromatic rings. The van der Waals surface area contributed by atoms with Crippen molar-refractivity contribution in [3.63, 3.8) is 0 Å². The van der Waals surface area contributed by atoms with Crippen molar-refractivity contribution < 1.29 is 4.79 Å². The summed E-state index contributed by atoms with van der Waals surface area (Å²) < 4.78 is 0. The van der Waals surface area contributed by atoms with Crippen molar-refractivity contribution in [2.45, 2.75) is 25.6 Å². The molecule has 1 aliphatic rings. The Morgan fingerprint density at radius 3 is 2.81 bits per heavy atom. The third kappa shape index (κ3) is 4.41. The Kier molecular flexibility index (Phi) is 7.11. The highest BCUT2D eigenvalue weighted by Gasteiger charge is 2.23. The first-order chi connectivity index (χ1) is 9.33. The van der Waals surface area contributed by atoms with Crippen LogP contribution in [0.25, 0.3) is 0 Å². The van der Waals surface area contributed by atoms with Crippen LogP contribution in [0.1, 0.15) is 16.8 Å². The van der Waals surface area contributed by atoms with Crippen molar-refractivity contribution in [2.75, 3.05) is 0 Å². The number of nitrogens with one attached hydrogen (secondary N) is 2. The molecule has 0 radical (unpaired) electrons. The topological polar surface area (TPSA) is 54.0 Å². The van der Waals surface area contributed by atoms with Gasteiger partial charge in [0.05, 0.1) is 23.8 Å². The quantitative estimate of drug-likeness (QED) is 0.897. The minimum atomic E-state index is -0.145. The Hall–Kier alpha value is -1.14. The molecule has 1 aromatic heterocycles. The molecule has 0 aliphatic carbocycles.